The van der Waals surface area contributed by atoms with Crippen molar-refractivity contribution < 1.29 is 8.78 Å². The predicted octanol–water partition coefficient (Wildman–Crippen LogP) is 9.41. The van der Waals surface area contributed by atoms with Crippen LogP contribution in [0.1, 0.15) is 78.4 Å². The zero-order valence-electron chi connectivity index (χ0n) is 23.3. The number of nitrogens with zero attached hydrogens (tertiary/aromatic N) is 1. The average molecular weight is 497 g/mol. The molecule has 0 spiro atoms. The molecular weight excluding hydrogens is 450 g/mol. The van der Waals surface area contributed by atoms with Crippen LogP contribution in [-0.4, -0.2) is 16.6 Å². The van der Waals surface area contributed by atoms with E-state index in [9.17, 15) is 8.78 Å². The van der Waals surface area contributed by atoms with Crippen LogP contribution in [0.15, 0.2) is 91.9 Å². The molecule has 0 saturated heterocycles. The minimum absolute atomic E-state index is 0.325. The van der Waals surface area contributed by atoms with E-state index in [1.54, 1.807) is 18.0 Å². The van der Waals surface area contributed by atoms with Crippen LogP contribution in [-0.2, 0) is 6.42 Å². The third-order valence-corrected chi connectivity index (χ3v) is 6.63. The molecule has 1 N–H and O–H groups in total. The molecule has 1 aromatic carbocycles. The molecule has 1 aliphatic carbocycles. The first-order valence-corrected chi connectivity index (χ1v) is 12.9. The molecule has 0 unspecified atom stereocenters. The van der Waals surface area contributed by atoms with Crippen LogP contribution < -0.4 is 5.32 Å². The fourth-order valence-electron chi connectivity index (χ4n) is 3.87. The van der Waals surface area contributed by atoms with Crippen molar-refractivity contribution in [2.75, 3.05) is 0 Å². The summed E-state index contributed by atoms with van der Waals surface area (Å²) in [5, 5.41) is 3.42. The average Bonchev–Trinajstić information content (AvgIpc) is 2.83. The normalized spacial score (nSPS) is 20.2. The second-order valence-corrected chi connectivity index (χ2v) is 10.1. The highest BCUT2D eigenvalue weighted by Crippen LogP contribution is 2.29. The van der Waals surface area contributed by atoms with E-state index in [4.69, 9.17) is 0 Å². The maximum absolute atomic E-state index is 14.1. The molecule has 1 fully saturated rings. The van der Waals surface area contributed by atoms with E-state index in [0.717, 1.165) is 30.8 Å². The Morgan fingerprint density at radius 1 is 1.08 bits per heavy atom. The molecule has 2 aliphatic rings. The van der Waals surface area contributed by atoms with E-state index in [2.05, 4.69) is 69.7 Å². The lowest BCUT2D eigenvalue weighted by atomic mass is 9.87. The third kappa shape index (κ3) is 10.0. The molecule has 1 heterocycles. The van der Waals surface area contributed by atoms with E-state index in [1.165, 1.54) is 50.0 Å². The fraction of sp³-hybridized carbons (Fsp3) is 0.438. The highest BCUT2D eigenvalue weighted by atomic mass is 19.1. The summed E-state index contributed by atoms with van der Waals surface area (Å²) >= 11 is 0. The Morgan fingerprint density at radius 2 is 1.64 bits per heavy atom. The molecule has 1 aromatic rings. The smallest absolute Gasteiger partial charge is 0.128 e. The maximum Gasteiger partial charge on any atom is 0.128 e. The molecule has 36 heavy (non-hydrogen) atoms. The number of allylic oxidation sites excluding steroid dienone is 5. The molecule has 1 saturated carbocycles. The van der Waals surface area contributed by atoms with Gasteiger partial charge in [0.2, 0.25) is 0 Å². The van der Waals surface area contributed by atoms with Gasteiger partial charge >= 0.3 is 0 Å². The number of hydrogen-bond acceptors (Lipinski definition) is 2. The molecule has 198 valence electrons. The van der Waals surface area contributed by atoms with Crippen LogP contribution in [0.4, 0.5) is 8.78 Å². The van der Waals surface area contributed by atoms with Gasteiger partial charge in [0.1, 0.15) is 17.3 Å². The highest BCUT2D eigenvalue weighted by Gasteiger charge is 2.25. The maximum atomic E-state index is 14.1. The van der Waals surface area contributed by atoms with Gasteiger partial charge in [-0.15, -0.1) is 13.2 Å². The number of aryl methyl sites for hydroxylation is 1. The molecule has 3 rings (SSSR count). The van der Waals surface area contributed by atoms with Crippen LogP contribution in [0.3, 0.4) is 0 Å². The Morgan fingerprint density at radius 3 is 2.11 bits per heavy atom. The largest absolute Gasteiger partial charge is 0.368 e. The summed E-state index contributed by atoms with van der Waals surface area (Å²) in [5.41, 5.74) is 3.40. The second kappa shape index (κ2) is 14.6. The quantitative estimate of drug-likeness (QED) is 0.395. The number of hydrogen-bond donors (Lipinski definition) is 1. The van der Waals surface area contributed by atoms with Crippen molar-refractivity contribution in [1.82, 2.24) is 10.2 Å². The van der Waals surface area contributed by atoms with Gasteiger partial charge in [-0.25, -0.2) is 8.78 Å². The Labute approximate surface area is 218 Å². The molecule has 0 atom stereocenters. The summed E-state index contributed by atoms with van der Waals surface area (Å²) in [4.78, 5) is 1.75. The van der Waals surface area contributed by atoms with Crippen LogP contribution in [0.25, 0.3) is 5.57 Å². The van der Waals surface area contributed by atoms with Crippen LogP contribution in [0, 0.1) is 5.92 Å². The standard InChI is InChI=1S/C19H28F2N2.C11H14.C2H4/c1-13-6-8-17(9-7-13)22-18-11-16(20)10-15(3)23(18)12-14(2)19(4,5)21;1-4-10-5-7-11(8-6-10)9(2)3;1-2/h10-13,17,22H,3,6-9H2,1-2,4-5H3;5-8H,2,4H2,1,3H3;1-2H2/b14-12+;;. The third-order valence-electron chi connectivity index (χ3n) is 6.63. The number of rotatable bonds is 6. The highest BCUT2D eigenvalue weighted by molar-refractivity contribution is 5.61. The summed E-state index contributed by atoms with van der Waals surface area (Å²) in [5.74, 6) is 1.06. The van der Waals surface area contributed by atoms with Crippen molar-refractivity contribution in [1.29, 1.82) is 0 Å². The molecule has 0 bridgehead atoms. The van der Waals surface area contributed by atoms with Crippen molar-refractivity contribution in [2.24, 2.45) is 5.92 Å². The summed E-state index contributed by atoms with van der Waals surface area (Å²) < 4.78 is 27.9. The fourth-order valence-corrected chi connectivity index (χ4v) is 3.87. The van der Waals surface area contributed by atoms with Gasteiger partial charge in [0.05, 0.1) is 0 Å². The first-order chi connectivity index (χ1) is 16.9. The number of nitrogens with one attached hydrogen (secondary N) is 1. The molecule has 2 nitrogen and oxygen atoms in total. The van der Waals surface area contributed by atoms with E-state index in [0.29, 0.717) is 23.1 Å². The van der Waals surface area contributed by atoms with Crippen molar-refractivity contribution in [3.8, 4) is 0 Å². The Balaban J connectivity index is 0.000000417. The van der Waals surface area contributed by atoms with Gasteiger partial charge in [0.15, 0.2) is 0 Å². The van der Waals surface area contributed by atoms with Crippen molar-refractivity contribution in [2.45, 2.75) is 85.4 Å². The van der Waals surface area contributed by atoms with Gasteiger partial charge in [0, 0.05) is 24.0 Å². The first-order valence-electron chi connectivity index (χ1n) is 12.9. The van der Waals surface area contributed by atoms with E-state index < -0.39 is 5.67 Å². The monoisotopic (exact) mass is 496 g/mol. The Hall–Kier alpha value is -2.88. The van der Waals surface area contributed by atoms with Crippen LogP contribution in [0.2, 0.25) is 0 Å². The zero-order valence-corrected chi connectivity index (χ0v) is 23.3. The van der Waals surface area contributed by atoms with Gasteiger partial charge in [-0.1, -0.05) is 56.8 Å². The first kappa shape index (κ1) is 31.2. The Bertz CT molecular complexity index is 953. The summed E-state index contributed by atoms with van der Waals surface area (Å²) in [7, 11) is 0. The second-order valence-electron chi connectivity index (χ2n) is 10.1. The van der Waals surface area contributed by atoms with Gasteiger partial charge in [-0.2, -0.15) is 0 Å². The van der Waals surface area contributed by atoms with E-state index in [1.807, 2.05) is 6.92 Å². The van der Waals surface area contributed by atoms with Gasteiger partial charge in [-0.05, 0) is 88.5 Å². The Kier molecular flexibility index (Phi) is 12.7. The van der Waals surface area contributed by atoms with Crippen molar-refractivity contribution >= 4 is 5.57 Å². The van der Waals surface area contributed by atoms with Gasteiger partial charge in [-0.3, -0.25) is 0 Å². The minimum atomic E-state index is -1.43. The number of halogens is 2. The van der Waals surface area contributed by atoms with Crippen LogP contribution >= 0.6 is 0 Å². The lowest BCUT2D eigenvalue weighted by Gasteiger charge is -2.34. The lowest BCUT2D eigenvalue weighted by Crippen LogP contribution is -2.38. The minimum Gasteiger partial charge on any atom is -0.368 e. The molecule has 4 heteroatoms. The van der Waals surface area contributed by atoms with Gasteiger partial charge < -0.3 is 10.2 Å². The number of benzene rings is 1. The van der Waals surface area contributed by atoms with E-state index >= 15 is 0 Å². The van der Waals surface area contributed by atoms with Crippen molar-refractivity contribution in [3.63, 3.8) is 0 Å². The van der Waals surface area contributed by atoms with Crippen molar-refractivity contribution in [3.05, 3.63) is 103 Å². The predicted molar refractivity (Wildman–Crippen MR) is 154 cm³/mol. The van der Waals surface area contributed by atoms with Crippen LogP contribution in [0.5, 0.6) is 0 Å². The molecule has 0 aromatic heterocycles. The van der Waals surface area contributed by atoms with Gasteiger partial charge in [0.25, 0.3) is 0 Å². The number of alkyl halides is 1. The molecule has 0 radical (unpaired) electrons. The molecular formula is C32H46F2N2. The summed E-state index contributed by atoms with van der Waals surface area (Å²) in [6, 6.07) is 8.89. The lowest BCUT2D eigenvalue weighted by molar-refractivity contribution is 0.263. The molecule has 0 amide bonds. The van der Waals surface area contributed by atoms with E-state index in [-0.39, 0.29) is 5.83 Å². The summed E-state index contributed by atoms with van der Waals surface area (Å²) in [6.07, 6.45) is 10.1. The SMILES string of the molecule is C=C.C=C(C)c1ccc(CC)cc1.C=C1C=C(F)C=C(NC2CCC(C)CC2)N1/C=C(\C)C(C)(C)F. The summed E-state index contributed by atoms with van der Waals surface area (Å²) in [6.45, 7) is 25.0. The topological polar surface area (TPSA) is 15.3 Å². The zero-order chi connectivity index (χ0) is 27.5. The molecule has 1 aliphatic heterocycles.